The molecule has 1 atom stereocenters. The van der Waals surface area contributed by atoms with Crippen LogP contribution < -0.4 is 10.6 Å². The van der Waals surface area contributed by atoms with Gasteiger partial charge in [-0.15, -0.1) is 0 Å². The van der Waals surface area contributed by atoms with Crippen LogP contribution in [0, 0.1) is 0 Å². The molecule has 100 valence electrons. The first-order chi connectivity index (χ1) is 8.66. The molecule has 0 saturated carbocycles. The lowest BCUT2D eigenvalue weighted by Gasteiger charge is -2.22. The van der Waals surface area contributed by atoms with Crippen molar-refractivity contribution in [1.29, 1.82) is 0 Å². The minimum Gasteiger partial charge on any atom is -0.377 e. The predicted molar refractivity (Wildman–Crippen MR) is 67.0 cm³/mol. The molecular weight excluding hydrogens is 232 g/mol. The van der Waals surface area contributed by atoms with Gasteiger partial charge < -0.3 is 15.0 Å². The molecule has 1 unspecified atom stereocenters. The molecule has 1 aliphatic rings. The molecule has 0 fully saturated rings. The van der Waals surface area contributed by atoms with Crippen molar-refractivity contribution in [2.75, 3.05) is 13.2 Å². The third-order valence-corrected chi connectivity index (χ3v) is 2.90. The summed E-state index contributed by atoms with van der Waals surface area (Å²) in [7, 11) is 0. The summed E-state index contributed by atoms with van der Waals surface area (Å²) in [6.07, 6.45) is 2.50. The second-order valence-corrected chi connectivity index (χ2v) is 4.68. The average Bonchev–Trinajstić information content (AvgIpc) is 2.81. The highest BCUT2D eigenvalue weighted by atomic mass is 16.5. The predicted octanol–water partition coefficient (Wildman–Crippen LogP) is -0.0348. The van der Waals surface area contributed by atoms with E-state index in [2.05, 4.69) is 20.6 Å². The summed E-state index contributed by atoms with van der Waals surface area (Å²) in [5.74, 6) is 0.0102. The van der Waals surface area contributed by atoms with Crippen LogP contribution in [0.15, 0.2) is 6.33 Å². The van der Waals surface area contributed by atoms with Gasteiger partial charge in [-0.1, -0.05) is 0 Å². The summed E-state index contributed by atoms with van der Waals surface area (Å²) < 4.78 is 5.37. The van der Waals surface area contributed by atoms with E-state index >= 15 is 0 Å². The number of imidazole rings is 1. The molecule has 2 rings (SSSR count). The molecule has 18 heavy (non-hydrogen) atoms. The summed E-state index contributed by atoms with van der Waals surface area (Å²) in [4.78, 5) is 19.2. The second-order valence-electron chi connectivity index (χ2n) is 4.68. The van der Waals surface area contributed by atoms with Gasteiger partial charge in [-0.25, -0.2) is 4.98 Å². The van der Waals surface area contributed by atoms with Gasteiger partial charge in [-0.05, 0) is 13.8 Å². The number of aromatic amines is 1. The maximum absolute atomic E-state index is 11.9. The Bertz CT molecular complexity index is 403. The molecule has 0 radical (unpaired) electrons. The third-order valence-electron chi connectivity index (χ3n) is 2.90. The zero-order valence-electron chi connectivity index (χ0n) is 10.8. The summed E-state index contributed by atoms with van der Waals surface area (Å²) in [6.45, 7) is 5.70. The summed E-state index contributed by atoms with van der Waals surface area (Å²) in [5.41, 5.74) is 2.05. The fourth-order valence-electron chi connectivity index (χ4n) is 1.95. The van der Waals surface area contributed by atoms with Gasteiger partial charge >= 0.3 is 0 Å². The van der Waals surface area contributed by atoms with Crippen molar-refractivity contribution >= 4 is 5.91 Å². The average molecular weight is 252 g/mol. The van der Waals surface area contributed by atoms with Crippen molar-refractivity contribution in [2.45, 2.75) is 39.0 Å². The summed E-state index contributed by atoms with van der Waals surface area (Å²) >= 11 is 0. The Labute approximate surface area is 107 Å². The second kappa shape index (κ2) is 5.97. The summed E-state index contributed by atoms with van der Waals surface area (Å²) in [5, 5.41) is 6.05. The van der Waals surface area contributed by atoms with Crippen LogP contribution >= 0.6 is 0 Å². The number of fused-ring (bicyclic) bond motifs is 1. The van der Waals surface area contributed by atoms with Crippen LogP contribution in [-0.4, -0.2) is 41.2 Å². The van der Waals surface area contributed by atoms with Gasteiger partial charge in [0.25, 0.3) is 0 Å². The number of aromatic nitrogens is 2. The number of nitrogens with zero attached hydrogens (tertiary/aromatic N) is 1. The smallest absolute Gasteiger partial charge is 0.237 e. The zero-order chi connectivity index (χ0) is 13.0. The van der Waals surface area contributed by atoms with E-state index in [1.165, 1.54) is 0 Å². The Morgan fingerprint density at radius 2 is 2.50 bits per heavy atom. The number of amides is 1. The number of carbonyl (C=O) groups is 1. The Balaban J connectivity index is 1.74. The van der Waals surface area contributed by atoms with Gasteiger partial charge in [0.15, 0.2) is 0 Å². The number of H-pyrrole nitrogens is 1. The van der Waals surface area contributed by atoms with E-state index in [4.69, 9.17) is 4.74 Å². The van der Waals surface area contributed by atoms with Crippen LogP contribution in [0.3, 0.4) is 0 Å². The van der Waals surface area contributed by atoms with Gasteiger partial charge in [0, 0.05) is 19.5 Å². The number of carbonyl (C=O) groups excluding carboxylic acids is 1. The SMILES string of the molecule is CC(C)OCCNC(=O)C1Cc2nc[nH]c2CN1. The van der Waals surface area contributed by atoms with Crippen molar-refractivity contribution < 1.29 is 9.53 Å². The molecule has 1 aliphatic heterocycles. The first kappa shape index (κ1) is 13.0. The van der Waals surface area contributed by atoms with E-state index in [-0.39, 0.29) is 18.1 Å². The van der Waals surface area contributed by atoms with Crippen molar-refractivity contribution in [3.63, 3.8) is 0 Å². The molecule has 0 saturated heterocycles. The first-order valence-electron chi connectivity index (χ1n) is 6.30. The number of hydrogen-bond acceptors (Lipinski definition) is 4. The molecule has 6 nitrogen and oxygen atoms in total. The van der Waals surface area contributed by atoms with Gasteiger partial charge in [0.2, 0.25) is 5.91 Å². The highest BCUT2D eigenvalue weighted by Gasteiger charge is 2.25. The van der Waals surface area contributed by atoms with E-state index in [0.29, 0.717) is 26.1 Å². The highest BCUT2D eigenvalue weighted by molar-refractivity contribution is 5.82. The van der Waals surface area contributed by atoms with Crippen LogP contribution in [0.25, 0.3) is 0 Å². The molecule has 3 N–H and O–H groups in total. The standard InChI is InChI=1S/C12H20N4O2/c1-8(2)18-4-3-13-12(17)10-5-9-11(6-14-10)16-7-15-9/h7-8,10,14H,3-6H2,1-2H3,(H,13,17)(H,15,16). The van der Waals surface area contributed by atoms with Crippen LogP contribution in [0.5, 0.6) is 0 Å². The highest BCUT2D eigenvalue weighted by Crippen LogP contribution is 2.11. The van der Waals surface area contributed by atoms with Crippen LogP contribution in [-0.2, 0) is 22.5 Å². The van der Waals surface area contributed by atoms with Crippen molar-refractivity contribution in [3.8, 4) is 0 Å². The van der Waals surface area contributed by atoms with Gasteiger partial charge in [0.05, 0.1) is 36.5 Å². The summed E-state index contributed by atoms with van der Waals surface area (Å²) in [6, 6.07) is -0.195. The number of ether oxygens (including phenoxy) is 1. The van der Waals surface area contributed by atoms with Crippen LogP contribution in [0.2, 0.25) is 0 Å². The van der Waals surface area contributed by atoms with Crippen LogP contribution in [0.1, 0.15) is 25.2 Å². The van der Waals surface area contributed by atoms with Gasteiger partial charge in [0.1, 0.15) is 0 Å². The van der Waals surface area contributed by atoms with Crippen molar-refractivity contribution in [2.24, 2.45) is 0 Å². The van der Waals surface area contributed by atoms with E-state index < -0.39 is 0 Å². The molecule has 1 aromatic rings. The largest absolute Gasteiger partial charge is 0.377 e. The lowest BCUT2D eigenvalue weighted by Crippen LogP contribution is -2.48. The molecule has 1 aromatic heterocycles. The minimum atomic E-state index is -0.195. The fourth-order valence-corrected chi connectivity index (χ4v) is 1.95. The fraction of sp³-hybridized carbons (Fsp3) is 0.667. The molecular formula is C12H20N4O2. The molecule has 0 bridgehead atoms. The Morgan fingerprint density at radius 3 is 3.28 bits per heavy atom. The van der Waals surface area contributed by atoms with Crippen molar-refractivity contribution in [1.82, 2.24) is 20.6 Å². The normalized spacial score (nSPS) is 18.7. The number of hydrogen-bond donors (Lipinski definition) is 3. The quantitative estimate of drug-likeness (QED) is 0.643. The van der Waals surface area contributed by atoms with Gasteiger partial charge in [-0.2, -0.15) is 0 Å². The van der Waals surface area contributed by atoms with Crippen LogP contribution in [0.4, 0.5) is 0 Å². The van der Waals surface area contributed by atoms with Crippen molar-refractivity contribution in [3.05, 3.63) is 17.7 Å². The zero-order valence-corrected chi connectivity index (χ0v) is 10.8. The lowest BCUT2D eigenvalue weighted by molar-refractivity contribution is -0.123. The molecule has 2 heterocycles. The maximum Gasteiger partial charge on any atom is 0.237 e. The molecule has 0 spiro atoms. The molecule has 6 heteroatoms. The van der Waals surface area contributed by atoms with E-state index in [0.717, 1.165) is 11.4 Å². The first-order valence-corrected chi connectivity index (χ1v) is 6.30. The maximum atomic E-state index is 11.9. The Morgan fingerprint density at radius 1 is 1.67 bits per heavy atom. The minimum absolute atomic E-state index is 0.0102. The third kappa shape index (κ3) is 3.30. The Kier molecular flexibility index (Phi) is 4.33. The molecule has 0 aromatic carbocycles. The molecule has 0 aliphatic carbocycles. The Hall–Kier alpha value is -1.40. The molecule has 1 amide bonds. The lowest BCUT2D eigenvalue weighted by atomic mass is 10.0. The van der Waals surface area contributed by atoms with Gasteiger partial charge in [-0.3, -0.25) is 10.1 Å². The number of rotatable bonds is 5. The van der Waals surface area contributed by atoms with E-state index in [1.54, 1.807) is 6.33 Å². The topological polar surface area (TPSA) is 79.0 Å². The number of nitrogens with one attached hydrogen (secondary N) is 3. The van der Waals surface area contributed by atoms with E-state index in [9.17, 15) is 4.79 Å². The monoisotopic (exact) mass is 252 g/mol. The van der Waals surface area contributed by atoms with E-state index in [1.807, 2.05) is 13.8 Å².